The van der Waals surface area contributed by atoms with Crippen molar-refractivity contribution in [3.63, 3.8) is 0 Å². The van der Waals surface area contributed by atoms with Crippen LogP contribution in [0.4, 0.5) is 0 Å². The third kappa shape index (κ3) is 8.60. The van der Waals surface area contributed by atoms with E-state index in [1.165, 1.54) is 0 Å². The van der Waals surface area contributed by atoms with Gasteiger partial charge in [-0.15, -0.1) is 0 Å². The quantitative estimate of drug-likeness (QED) is 0.245. The van der Waals surface area contributed by atoms with Gasteiger partial charge in [-0.1, -0.05) is 41.0 Å². The molecule has 7 nitrogen and oxygen atoms in total. The van der Waals surface area contributed by atoms with Gasteiger partial charge in [-0.25, -0.2) is 13.3 Å². The van der Waals surface area contributed by atoms with Crippen LogP contribution in [-0.4, -0.2) is 72.3 Å². The van der Waals surface area contributed by atoms with E-state index in [0.29, 0.717) is 6.61 Å². The molecule has 9 heteroatoms. The maximum atomic E-state index is 13.4. The summed E-state index contributed by atoms with van der Waals surface area (Å²) in [5.74, 6) is -0.0620. The summed E-state index contributed by atoms with van der Waals surface area (Å²) in [6.07, 6.45) is 3.40. The van der Waals surface area contributed by atoms with Crippen molar-refractivity contribution in [1.82, 2.24) is 4.31 Å². The van der Waals surface area contributed by atoms with Crippen molar-refractivity contribution in [2.75, 3.05) is 26.4 Å². The molecule has 2 aliphatic heterocycles. The topological polar surface area (TPSA) is 74.3 Å². The predicted molar refractivity (Wildman–Crippen MR) is 149 cm³/mol. The van der Waals surface area contributed by atoms with E-state index >= 15 is 0 Å². The minimum atomic E-state index is -2.14. The summed E-state index contributed by atoms with van der Waals surface area (Å²) < 4.78 is 39.2. The molecule has 0 amide bonds. The summed E-state index contributed by atoms with van der Waals surface area (Å²) in [4.78, 5) is 13.4. The molecule has 2 fully saturated rings. The third-order valence-electron chi connectivity index (χ3n) is 8.03. The van der Waals surface area contributed by atoms with E-state index in [-0.39, 0.29) is 39.9 Å². The summed E-state index contributed by atoms with van der Waals surface area (Å²) in [7, 11) is -3.27. The maximum Gasteiger partial charge on any atom is 0.334 e. The van der Waals surface area contributed by atoms with Crippen molar-refractivity contribution >= 4 is 25.3 Å². The molecule has 2 rings (SSSR count). The monoisotopic (exact) mass is 547 g/mol. The van der Waals surface area contributed by atoms with E-state index in [2.05, 4.69) is 52.0 Å². The van der Waals surface area contributed by atoms with Gasteiger partial charge in [0.25, 0.3) is 0 Å². The van der Waals surface area contributed by atoms with Crippen LogP contribution in [0, 0.1) is 11.8 Å². The highest BCUT2D eigenvalue weighted by atomic mass is 32.2. The molecule has 0 bridgehead atoms. The predicted octanol–water partition coefficient (Wildman–Crippen LogP) is 5.66. The Bertz CT molecular complexity index is 729. The van der Waals surface area contributed by atoms with Gasteiger partial charge >= 0.3 is 5.97 Å². The first kappa shape index (κ1) is 31.9. The number of hydrogen-bond acceptors (Lipinski definition) is 6. The van der Waals surface area contributed by atoms with Gasteiger partial charge in [0, 0.05) is 18.5 Å². The average Bonchev–Trinajstić information content (AvgIpc) is 3.20. The van der Waals surface area contributed by atoms with E-state index in [4.69, 9.17) is 18.6 Å². The summed E-state index contributed by atoms with van der Waals surface area (Å²) in [5, 5.41) is 0.0102. The van der Waals surface area contributed by atoms with Gasteiger partial charge in [0.05, 0.1) is 35.6 Å². The van der Waals surface area contributed by atoms with Gasteiger partial charge in [0.15, 0.2) is 14.6 Å². The van der Waals surface area contributed by atoms with Crippen LogP contribution < -0.4 is 0 Å². The highest BCUT2D eigenvalue weighted by Crippen LogP contribution is 2.39. The van der Waals surface area contributed by atoms with Gasteiger partial charge in [-0.05, 0) is 70.5 Å². The molecular formula is C27H53NO6SSi. The molecule has 0 aromatic heterocycles. The standard InChI is InChI=1S/C27H53NO6SSi/c1-11-20(2)24(34-36(9,10)27(6,7)8)25(29)33-19-21-15-16-28(35(30)26(3,4)5)22(21)13-14-23-31-17-12-18-32-23/h20-24H,11-19H2,1-10H3/t20-,21-,22+,24-,35?/m1/s1. The first-order valence-electron chi connectivity index (χ1n) is 13.8. The SMILES string of the molecule is CC[C@@H](C)[C@@H](O[Si](C)(C)C(C)(C)C)C(=O)OC[C@H]1CCN(S(=O)C(C)(C)C)[C@H]1CCC1OCCCO1. The smallest absolute Gasteiger partial charge is 0.334 e. The van der Waals surface area contributed by atoms with Gasteiger partial charge in [0.1, 0.15) is 6.10 Å². The average molecular weight is 548 g/mol. The van der Waals surface area contributed by atoms with E-state index in [9.17, 15) is 9.00 Å². The molecule has 2 saturated heterocycles. The lowest BCUT2D eigenvalue weighted by atomic mass is 9.97. The number of carbonyl (C=O) groups is 1. The molecular weight excluding hydrogens is 494 g/mol. The Balaban J connectivity index is 2.11. The van der Waals surface area contributed by atoms with Crippen LogP contribution in [-0.2, 0) is 34.4 Å². The highest BCUT2D eigenvalue weighted by Gasteiger charge is 2.44. The number of hydrogen-bond donors (Lipinski definition) is 0. The lowest BCUT2D eigenvalue weighted by Crippen LogP contribution is -2.48. The number of nitrogens with zero attached hydrogens (tertiary/aromatic N) is 1. The zero-order chi connectivity index (χ0) is 27.3. The molecule has 0 radical (unpaired) electrons. The van der Waals surface area contributed by atoms with Gasteiger partial charge in [0.2, 0.25) is 0 Å². The second kappa shape index (κ2) is 13.2. The van der Waals surface area contributed by atoms with Crippen molar-refractivity contribution < 1.29 is 27.6 Å². The van der Waals surface area contributed by atoms with Crippen LogP contribution in [0.3, 0.4) is 0 Å². The molecule has 0 aromatic rings. The van der Waals surface area contributed by atoms with Crippen molar-refractivity contribution in [3.05, 3.63) is 0 Å². The molecule has 0 spiro atoms. The molecule has 2 aliphatic rings. The normalized spacial score (nSPS) is 25.5. The van der Waals surface area contributed by atoms with E-state index in [1.54, 1.807) is 0 Å². The molecule has 36 heavy (non-hydrogen) atoms. The summed E-state index contributed by atoms with van der Waals surface area (Å²) in [6.45, 7) is 23.6. The van der Waals surface area contributed by atoms with Crippen LogP contribution in [0.15, 0.2) is 0 Å². The molecule has 212 valence electrons. The van der Waals surface area contributed by atoms with E-state index in [1.807, 2.05) is 20.8 Å². The molecule has 0 saturated carbocycles. The minimum absolute atomic E-state index is 0.0102. The Morgan fingerprint density at radius 1 is 1.11 bits per heavy atom. The summed E-state index contributed by atoms with van der Waals surface area (Å²) >= 11 is 0. The zero-order valence-corrected chi connectivity index (χ0v) is 26.4. The van der Waals surface area contributed by atoms with Crippen LogP contribution in [0.1, 0.15) is 87.5 Å². The Labute approximate surface area is 224 Å². The number of rotatable bonds is 11. The van der Waals surface area contributed by atoms with Crippen LogP contribution in [0.2, 0.25) is 18.1 Å². The first-order chi connectivity index (χ1) is 16.6. The second-order valence-corrected chi connectivity index (χ2v) is 20.0. The minimum Gasteiger partial charge on any atom is -0.463 e. The van der Waals surface area contributed by atoms with Crippen LogP contribution in [0.5, 0.6) is 0 Å². The zero-order valence-electron chi connectivity index (χ0n) is 24.6. The maximum absolute atomic E-state index is 13.4. The Morgan fingerprint density at radius 2 is 1.72 bits per heavy atom. The number of ether oxygens (including phenoxy) is 3. The fraction of sp³-hybridized carbons (Fsp3) is 0.963. The number of carbonyl (C=O) groups excluding carboxylic acids is 1. The van der Waals surface area contributed by atoms with Crippen molar-refractivity contribution in [1.29, 1.82) is 0 Å². The molecule has 0 N–H and O–H groups in total. The first-order valence-corrected chi connectivity index (χ1v) is 17.9. The van der Waals surface area contributed by atoms with Gasteiger partial charge in [-0.3, -0.25) is 0 Å². The summed E-state index contributed by atoms with van der Waals surface area (Å²) in [5.41, 5.74) is 0. The Hall–Kier alpha value is -0.323. The third-order valence-corrected chi connectivity index (χ3v) is 14.4. The van der Waals surface area contributed by atoms with Crippen molar-refractivity contribution in [2.45, 2.75) is 129 Å². The molecule has 2 heterocycles. The molecule has 1 unspecified atom stereocenters. The molecule has 0 aromatic carbocycles. The molecule has 5 atom stereocenters. The second-order valence-electron chi connectivity index (χ2n) is 13.0. The van der Waals surface area contributed by atoms with Crippen LogP contribution >= 0.6 is 0 Å². The van der Waals surface area contributed by atoms with Crippen molar-refractivity contribution in [2.24, 2.45) is 11.8 Å². The van der Waals surface area contributed by atoms with Crippen molar-refractivity contribution in [3.8, 4) is 0 Å². The lowest BCUT2D eigenvalue weighted by molar-refractivity contribution is -0.182. The molecule has 0 aliphatic carbocycles. The fourth-order valence-electron chi connectivity index (χ4n) is 4.40. The van der Waals surface area contributed by atoms with Gasteiger partial charge < -0.3 is 18.6 Å². The highest BCUT2D eigenvalue weighted by molar-refractivity contribution is 7.84. The number of esters is 1. The Kier molecular flexibility index (Phi) is 11.7. The van der Waals surface area contributed by atoms with Gasteiger partial charge in [-0.2, -0.15) is 0 Å². The Morgan fingerprint density at radius 3 is 2.25 bits per heavy atom. The largest absolute Gasteiger partial charge is 0.463 e. The lowest BCUT2D eigenvalue weighted by Gasteiger charge is -2.40. The fourth-order valence-corrected chi connectivity index (χ4v) is 7.22. The van der Waals surface area contributed by atoms with Crippen LogP contribution in [0.25, 0.3) is 0 Å². The van der Waals surface area contributed by atoms with E-state index in [0.717, 1.165) is 51.9 Å². The summed E-state index contributed by atoms with van der Waals surface area (Å²) in [6, 6.07) is 0.0512. The van der Waals surface area contributed by atoms with E-state index < -0.39 is 25.4 Å².